The Morgan fingerprint density at radius 3 is 2.31 bits per heavy atom. The summed E-state index contributed by atoms with van der Waals surface area (Å²) in [6.07, 6.45) is 1.63. The standard InChI is InChI=1S/C31H41N3O5/c1-30(2,3)39-29(37)32-26(21-38-20-22-11-7-6-8-12-22)28(36)34-17-15-31(16-18-34)19-24(27(35)33(4)5)23-13-9-10-14-25(23)31/h6-14,24,26H,15-21H2,1-5H3,(H,32,37)/t24-,26?/m1/s1. The van der Waals surface area contributed by atoms with Gasteiger partial charge in [-0.15, -0.1) is 0 Å². The van der Waals surface area contributed by atoms with Crippen molar-refractivity contribution in [1.82, 2.24) is 15.1 Å². The van der Waals surface area contributed by atoms with Crippen LogP contribution in [0.25, 0.3) is 0 Å². The van der Waals surface area contributed by atoms with Crippen molar-refractivity contribution in [3.63, 3.8) is 0 Å². The van der Waals surface area contributed by atoms with Crippen LogP contribution in [0.4, 0.5) is 4.79 Å². The monoisotopic (exact) mass is 535 g/mol. The first-order valence-corrected chi connectivity index (χ1v) is 13.7. The predicted octanol–water partition coefficient (Wildman–Crippen LogP) is 4.23. The van der Waals surface area contributed by atoms with Crippen LogP contribution in [0.5, 0.6) is 0 Å². The van der Waals surface area contributed by atoms with Crippen LogP contribution in [-0.4, -0.2) is 73.1 Å². The van der Waals surface area contributed by atoms with Crippen molar-refractivity contribution in [2.45, 2.75) is 69.6 Å². The lowest BCUT2D eigenvalue weighted by atomic mass is 9.73. The second-order valence-electron chi connectivity index (χ2n) is 11.9. The predicted molar refractivity (Wildman–Crippen MR) is 149 cm³/mol. The van der Waals surface area contributed by atoms with E-state index < -0.39 is 17.7 Å². The van der Waals surface area contributed by atoms with E-state index in [2.05, 4.69) is 17.4 Å². The molecule has 210 valence electrons. The van der Waals surface area contributed by atoms with Gasteiger partial charge in [0.2, 0.25) is 11.8 Å². The van der Waals surface area contributed by atoms with Crippen molar-refractivity contribution in [2.75, 3.05) is 33.8 Å². The minimum atomic E-state index is -0.864. The van der Waals surface area contributed by atoms with Gasteiger partial charge in [-0.2, -0.15) is 0 Å². The number of hydrogen-bond donors (Lipinski definition) is 1. The molecule has 2 atom stereocenters. The Hall–Kier alpha value is -3.39. The quantitative estimate of drug-likeness (QED) is 0.573. The first-order chi connectivity index (χ1) is 18.5. The highest BCUT2D eigenvalue weighted by atomic mass is 16.6. The lowest BCUT2D eigenvalue weighted by molar-refractivity contribution is -0.137. The van der Waals surface area contributed by atoms with E-state index in [9.17, 15) is 14.4 Å². The zero-order valence-corrected chi connectivity index (χ0v) is 23.7. The van der Waals surface area contributed by atoms with Crippen molar-refractivity contribution < 1.29 is 23.9 Å². The molecule has 2 aromatic rings. The number of amides is 3. The van der Waals surface area contributed by atoms with Crippen LogP contribution in [-0.2, 0) is 31.1 Å². The number of carbonyl (C=O) groups is 3. The van der Waals surface area contributed by atoms with E-state index >= 15 is 0 Å². The fourth-order valence-corrected chi connectivity index (χ4v) is 5.77. The minimum Gasteiger partial charge on any atom is -0.444 e. The van der Waals surface area contributed by atoms with Crippen molar-refractivity contribution in [3.8, 4) is 0 Å². The Balaban J connectivity index is 1.44. The molecule has 1 saturated heterocycles. The summed E-state index contributed by atoms with van der Waals surface area (Å²) in [6.45, 7) is 6.81. The Morgan fingerprint density at radius 2 is 1.67 bits per heavy atom. The number of nitrogens with zero attached hydrogens (tertiary/aromatic N) is 2. The average molecular weight is 536 g/mol. The van der Waals surface area contributed by atoms with E-state index in [0.717, 1.165) is 30.4 Å². The average Bonchev–Trinajstić information content (AvgIpc) is 3.21. The first-order valence-electron chi connectivity index (χ1n) is 13.7. The van der Waals surface area contributed by atoms with Crippen molar-refractivity contribution >= 4 is 17.9 Å². The molecule has 8 heteroatoms. The van der Waals surface area contributed by atoms with E-state index in [1.54, 1.807) is 39.8 Å². The number of nitrogens with one attached hydrogen (secondary N) is 1. The number of likely N-dealkylation sites (tertiary alicyclic amines) is 1. The molecule has 3 amide bonds. The highest BCUT2D eigenvalue weighted by Gasteiger charge is 2.48. The van der Waals surface area contributed by atoms with Crippen LogP contribution >= 0.6 is 0 Å². The number of likely N-dealkylation sites (N-methyl/N-ethyl adjacent to an activating group) is 1. The van der Waals surface area contributed by atoms with E-state index in [-0.39, 0.29) is 29.8 Å². The number of carbonyl (C=O) groups excluding carboxylic acids is 3. The van der Waals surface area contributed by atoms with Gasteiger partial charge in [0.25, 0.3) is 0 Å². The first kappa shape index (κ1) is 28.6. The van der Waals surface area contributed by atoms with Gasteiger partial charge in [-0.05, 0) is 56.7 Å². The van der Waals surface area contributed by atoms with Crippen LogP contribution in [0, 0.1) is 0 Å². The molecule has 1 spiro atoms. The smallest absolute Gasteiger partial charge is 0.408 e. The summed E-state index contributed by atoms with van der Waals surface area (Å²) in [5.74, 6) is -0.225. The van der Waals surface area contributed by atoms with Gasteiger partial charge in [-0.25, -0.2) is 4.79 Å². The van der Waals surface area contributed by atoms with Crippen molar-refractivity contribution in [2.24, 2.45) is 0 Å². The zero-order chi connectivity index (χ0) is 28.2. The molecule has 0 saturated carbocycles. The van der Waals surface area contributed by atoms with Gasteiger partial charge in [-0.3, -0.25) is 9.59 Å². The number of rotatable bonds is 7. The number of hydrogen-bond acceptors (Lipinski definition) is 5. The number of alkyl carbamates (subject to hydrolysis) is 1. The number of fused-ring (bicyclic) bond motifs is 2. The van der Waals surface area contributed by atoms with Crippen molar-refractivity contribution in [3.05, 3.63) is 71.3 Å². The van der Waals surface area contributed by atoms with Gasteiger partial charge >= 0.3 is 6.09 Å². The van der Waals surface area contributed by atoms with Crippen LogP contribution in [0.3, 0.4) is 0 Å². The Labute approximate surface area is 231 Å². The molecule has 1 unspecified atom stereocenters. The molecule has 0 bridgehead atoms. The molecule has 1 aliphatic carbocycles. The largest absolute Gasteiger partial charge is 0.444 e. The van der Waals surface area contributed by atoms with Gasteiger partial charge in [-0.1, -0.05) is 54.6 Å². The molecule has 1 aliphatic heterocycles. The van der Waals surface area contributed by atoms with Crippen molar-refractivity contribution in [1.29, 1.82) is 0 Å². The fourth-order valence-electron chi connectivity index (χ4n) is 5.77. The third-order valence-electron chi connectivity index (χ3n) is 7.66. The summed E-state index contributed by atoms with van der Waals surface area (Å²) < 4.78 is 11.3. The number of piperidine rings is 1. The molecular formula is C31H41N3O5. The minimum absolute atomic E-state index is 0.0385. The molecule has 8 nitrogen and oxygen atoms in total. The fraction of sp³-hybridized carbons (Fsp3) is 0.516. The Morgan fingerprint density at radius 1 is 1.03 bits per heavy atom. The van der Waals surface area contributed by atoms with Crippen LogP contribution in [0.1, 0.15) is 62.6 Å². The highest BCUT2D eigenvalue weighted by molar-refractivity contribution is 5.87. The summed E-state index contributed by atoms with van der Waals surface area (Å²) in [5.41, 5.74) is 2.50. The Bertz CT molecular complexity index is 1170. The van der Waals surface area contributed by atoms with Gasteiger partial charge in [0, 0.05) is 32.6 Å². The van der Waals surface area contributed by atoms with E-state index in [4.69, 9.17) is 9.47 Å². The number of benzene rings is 2. The summed E-state index contributed by atoms with van der Waals surface area (Å²) in [7, 11) is 3.60. The highest BCUT2D eigenvalue weighted by Crippen LogP contribution is 2.52. The lowest BCUT2D eigenvalue weighted by Crippen LogP contribution is -2.54. The molecule has 0 aromatic heterocycles. The summed E-state index contributed by atoms with van der Waals surface area (Å²) in [6, 6.07) is 17.1. The maximum Gasteiger partial charge on any atom is 0.408 e. The number of ether oxygens (including phenoxy) is 2. The van der Waals surface area contributed by atoms with Gasteiger partial charge in [0.15, 0.2) is 0 Å². The zero-order valence-electron chi connectivity index (χ0n) is 23.7. The molecule has 1 heterocycles. The molecule has 2 aliphatic rings. The molecule has 2 aromatic carbocycles. The van der Waals surface area contributed by atoms with E-state index in [0.29, 0.717) is 19.7 Å². The molecule has 1 fully saturated rings. The second kappa shape index (κ2) is 11.8. The second-order valence-corrected chi connectivity index (χ2v) is 11.9. The lowest BCUT2D eigenvalue weighted by Gasteiger charge is -2.41. The van der Waals surface area contributed by atoms with Crippen LogP contribution < -0.4 is 5.32 Å². The molecule has 1 N–H and O–H groups in total. The van der Waals surface area contributed by atoms with E-state index in [1.807, 2.05) is 47.4 Å². The summed E-state index contributed by atoms with van der Waals surface area (Å²) >= 11 is 0. The molecule has 39 heavy (non-hydrogen) atoms. The third kappa shape index (κ3) is 6.79. The van der Waals surface area contributed by atoms with Gasteiger partial charge < -0.3 is 24.6 Å². The van der Waals surface area contributed by atoms with Crippen LogP contribution in [0.15, 0.2) is 54.6 Å². The van der Waals surface area contributed by atoms with Crippen LogP contribution in [0.2, 0.25) is 0 Å². The molecular weight excluding hydrogens is 494 g/mol. The molecule has 4 rings (SSSR count). The third-order valence-corrected chi connectivity index (χ3v) is 7.66. The van der Waals surface area contributed by atoms with Gasteiger partial charge in [0.1, 0.15) is 11.6 Å². The summed E-state index contributed by atoms with van der Waals surface area (Å²) in [4.78, 5) is 42.7. The van der Waals surface area contributed by atoms with Gasteiger partial charge in [0.05, 0.1) is 19.1 Å². The molecule has 0 radical (unpaired) electrons. The SMILES string of the molecule is CN(C)C(=O)[C@@H]1CC2(CCN(C(=O)C(COCc3ccccc3)NC(=O)OC(C)(C)C)CC2)c2ccccc21. The Kier molecular flexibility index (Phi) is 8.64. The summed E-state index contributed by atoms with van der Waals surface area (Å²) in [5, 5.41) is 2.74. The topological polar surface area (TPSA) is 88.2 Å². The maximum absolute atomic E-state index is 13.7. The normalized spacial score (nSPS) is 18.8. The van der Waals surface area contributed by atoms with E-state index in [1.165, 1.54) is 5.56 Å². The maximum atomic E-state index is 13.7.